The zero-order valence-corrected chi connectivity index (χ0v) is 13.1. The Kier molecular flexibility index (Phi) is 4.43. The molecule has 0 saturated carbocycles. The van der Waals surface area contributed by atoms with Crippen molar-refractivity contribution in [3.05, 3.63) is 66.1 Å². The van der Waals surface area contributed by atoms with Crippen molar-refractivity contribution in [2.75, 3.05) is 11.6 Å². The number of anilines is 1. The summed E-state index contributed by atoms with van der Waals surface area (Å²) < 4.78 is 18.1. The first-order chi connectivity index (χ1) is 11.2. The third kappa shape index (κ3) is 3.43. The molecule has 3 rings (SSSR count). The lowest BCUT2D eigenvalue weighted by molar-refractivity contribution is 0.101. The molecule has 0 spiro atoms. The first kappa shape index (κ1) is 15.3. The number of hydrogen-bond acceptors (Lipinski definition) is 4. The van der Waals surface area contributed by atoms with E-state index in [0.29, 0.717) is 11.3 Å². The van der Waals surface area contributed by atoms with Crippen LogP contribution in [0.5, 0.6) is 0 Å². The topological polar surface area (TPSA) is 55.1 Å². The highest BCUT2D eigenvalue weighted by molar-refractivity contribution is 7.98. The Morgan fingerprint density at radius 3 is 2.65 bits per heavy atom. The number of amides is 1. The van der Waals surface area contributed by atoms with Crippen LogP contribution in [-0.4, -0.2) is 17.3 Å². The number of para-hydroxylation sites is 1. The van der Waals surface area contributed by atoms with Gasteiger partial charge in [-0.05, 0) is 42.7 Å². The molecule has 1 amide bonds. The van der Waals surface area contributed by atoms with E-state index in [-0.39, 0.29) is 17.4 Å². The standard InChI is InChI=1S/C17H13FN2O2S/c1-23-16-5-3-2-4-13(16)19-17(21)14-10-15(22-20-14)11-6-8-12(18)9-7-11/h2-10H,1H3,(H,19,21). The van der Waals surface area contributed by atoms with Crippen LogP contribution >= 0.6 is 11.8 Å². The van der Waals surface area contributed by atoms with Crippen LogP contribution in [0.3, 0.4) is 0 Å². The number of aromatic nitrogens is 1. The van der Waals surface area contributed by atoms with Crippen LogP contribution in [0.2, 0.25) is 0 Å². The number of halogens is 1. The fourth-order valence-corrected chi connectivity index (χ4v) is 2.62. The van der Waals surface area contributed by atoms with Crippen LogP contribution in [0.1, 0.15) is 10.5 Å². The molecule has 1 heterocycles. The van der Waals surface area contributed by atoms with Gasteiger partial charge in [0.1, 0.15) is 5.82 Å². The molecule has 0 aliphatic rings. The molecule has 0 unspecified atom stereocenters. The maximum atomic E-state index is 12.9. The Hall–Kier alpha value is -2.60. The van der Waals surface area contributed by atoms with Gasteiger partial charge in [-0.15, -0.1) is 11.8 Å². The van der Waals surface area contributed by atoms with Gasteiger partial charge in [0, 0.05) is 16.5 Å². The fourth-order valence-electron chi connectivity index (χ4n) is 2.07. The second kappa shape index (κ2) is 6.66. The first-order valence-corrected chi connectivity index (χ1v) is 8.07. The SMILES string of the molecule is CSc1ccccc1NC(=O)c1cc(-c2ccc(F)cc2)on1. The minimum absolute atomic E-state index is 0.167. The lowest BCUT2D eigenvalue weighted by atomic mass is 10.1. The van der Waals surface area contributed by atoms with Crippen LogP contribution in [0.15, 0.2) is 64.0 Å². The van der Waals surface area contributed by atoms with E-state index in [1.54, 1.807) is 23.9 Å². The highest BCUT2D eigenvalue weighted by Crippen LogP contribution is 2.26. The molecule has 3 aromatic rings. The summed E-state index contributed by atoms with van der Waals surface area (Å²) in [6, 6.07) is 14.8. The number of thioether (sulfide) groups is 1. The van der Waals surface area contributed by atoms with Crippen molar-refractivity contribution in [3.8, 4) is 11.3 Å². The van der Waals surface area contributed by atoms with Gasteiger partial charge in [-0.25, -0.2) is 4.39 Å². The van der Waals surface area contributed by atoms with Gasteiger partial charge in [-0.3, -0.25) is 4.79 Å². The van der Waals surface area contributed by atoms with E-state index in [9.17, 15) is 9.18 Å². The number of carbonyl (C=O) groups is 1. The number of nitrogens with zero attached hydrogens (tertiary/aromatic N) is 1. The summed E-state index contributed by atoms with van der Waals surface area (Å²) in [5.41, 5.74) is 1.54. The molecule has 1 aromatic heterocycles. The minimum Gasteiger partial charge on any atom is -0.355 e. The first-order valence-electron chi connectivity index (χ1n) is 6.84. The Morgan fingerprint density at radius 1 is 1.17 bits per heavy atom. The number of carbonyl (C=O) groups excluding carboxylic acids is 1. The molecule has 0 aliphatic heterocycles. The highest BCUT2D eigenvalue weighted by atomic mass is 32.2. The average Bonchev–Trinajstić information content (AvgIpc) is 3.06. The van der Waals surface area contributed by atoms with E-state index in [1.165, 1.54) is 18.2 Å². The van der Waals surface area contributed by atoms with Crippen molar-refractivity contribution in [2.24, 2.45) is 0 Å². The molecule has 0 radical (unpaired) electrons. The second-order valence-electron chi connectivity index (χ2n) is 4.74. The van der Waals surface area contributed by atoms with Gasteiger partial charge in [0.15, 0.2) is 11.5 Å². The van der Waals surface area contributed by atoms with Crippen LogP contribution in [0.4, 0.5) is 10.1 Å². The Morgan fingerprint density at radius 2 is 1.91 bits per heavy atom. The van der Waals surface area contributed by atoms with Gasteiger partial charge < -0.3 is 9.84 Å². The van der Waals surface area contributed by atoms with Gasteiger partial charge in [0.05, 0.1) is 5.69 Å². The molecule has 0 saturated heterocycles. The van der Waals surface area contributed by atoms with Crippen molar-refractivity contribution in [1.29, 1.82) is 0 Å². The summed E-state index contributed by atoms with van der Waals surface area (Å²) in [5, 5.41) is 6.59. The monoisotopic (exact) mass is 328 g/mol. The summed E-state index contributed by atoms with van der Waals surface area (Å²) in [6.07, 6.45) is 1.94. The van der Waals surface area contributed by atoms with Gasteiger partial charge in [-0.1, -0.05) is 17.3 Å². The maximum Gasteiger partial charge on any atom is 0.277 e. The number of benzene rings is 2. The van der Waals surface area contributed by atoms with Crippen LogP contribution in [0, 0.1) is 5.82 Å². The molecule has 1 N–H and O–H groups in total. The second-order valence-corrected chi connectivity index (χ2v) is 5.59. The Balaban J connectivity index is 1.80. The summed E-state index contributed by atoms with van der Waals surface area (Å²) in [7, 11) is 0. The summed E-state index contributed by atoms with van der Waals surface area (Å²) in [4.78, 5) is 13.2. The zero-order chi connectivity index (χ0) is 16.2. The molecule has 116 valence electrons. The van der Waals surface area contributed by atoms with E-state index in [0.717, 1.165) is 10.6 Å². The third-order valence-corrected chi connectivity index (χ3v) is 4.02. The molecule has 6 heteroatoms. The summed E-state index contributed by atoms with van der Waals surface area (Å²) in [6.45, 7) is 0. The number of nitrogens with one attached hydrogen (secondary N) is 1. The van der Waals surface area contributed by atoms with Crippen molar-refractivity contribution in [2.45, 2.75) is 4.90 Å². The molecule has 0 fully saturated rings. The van der Waals surface area contributed by atoms with Crippen molar-refractivity contribution < 1.29 is 13.7 Å². The molecular formula is C17H13FN2O2S. The van der Waals surface area contributed by atoms with E-state index >= 15 is 0 Å². The fraction of sp³-hybridized carbons (Fsp3) is 0.0588. The molecule has 2 aromatic carbocycles. The van der Waals surface area contributed by atoms with Gasteiger partial charge >= 0.3 is 0 Å². The minimum atomic E-state index is -0.358. The largest absolute Gasteiger partial charge is 0.355 e. The lowest BCUT2D eigenvalue weighted by Crippen LogP contribution is -2.12. The van der Waals surface area contributed by atoms with Gasteiger partial charge in [0.25, 0.3) is 5.91 Å². The smallest absolute Gasteiger partial charge is 0.277 e. The van der Waals surface area contributed by atoms with Crippen molar-refractivity contribution >= 4 is 23.4 Å². The highest BCUT2D eigenvalue weighted by Gasteiger charge is 2.15. The summed E-state index contributed by atoms with van der Waals surface area (Å²) >= 11 is 1.54. The maximum absolute atomic E-state index is 12.9. The van der Waals surface area contributed by atoms with Gasteiger partial charge in [0.2, 0.25) is 0 Å². The number of rotatable bonds is 4. The Bertz CT molecular complexity index is 831. The molecule has 4 nitrogen and oxygen atoms in total. The average molecular weight is 328 g/mol. The molecule has 0 aliphatic carbocycles. The number of hydrogen-bond donors (Lipinski definition) is 1. The van der Waals surface area contributed by atoms with Crippen molar-refractivity contribution in [1.82, 2.24) is 5.16 Å². The van der Waals surface area contributed by atoms with Crippen molar-refractivity contribution in [3.63, 3.8) is 0 Å². The van der Waals surface area contributed by atoms with Crippen LogP contribution in [0.25, 0.3) is 11.3 Å². The van der Waals surface area contributed by atoms with E-state index < -0.39 is 0 Å². The zero-order valence-electron chi connectivity index (χ0n) is 12.2. The van der Waals surface area contributed by atoms with Crippen LogP contribution in [-0.2, 0) is 0 Å². The normalized spacial score (nSPS) is 10.5. The molecular weight excluding hydrogens is 315 g/mol. The van der Waals surface area contributed by atoms with E-state index in [4.69, 9.17) is 4.52 Å². The molecule has 23 heavy (non-hydrogen) atoms. The predicted molar refractivity (Wildman–Crippen MR) is 88.1 cm³/mol. The van der Waals surface area contributed by atoms with E-state index in [1.807, 2.05) is 30.5 Å². The summed E-state index contributed by atoms with van der Waals surface area (Å²) in [5.74, 6) is -0.281. The van der Waals surface area contributed by atoms with E-state index in [2.05, 4.69) is 10.5 Å². The molecule has 0 bridgehead atoms. The predicted octanol–water partition coefficient (Wildman–Crippen LogP) is 4.45. The van der Waals surface area contributed by atoms with Gasteiger partial charge in [-0.2, -0.15) is 0 Å². The van der Waals surface area contributed by atoms with Crippen LogP contribution < -0.4 is 5.32 Å². The Labute approximate surface area is 136 Å². The quantitative estimate of drug-likeness (QED) is 0.719. The third-order valence-electron chi connectivity index (χ3n) is 3.23. The lowest BCUT2D eigenvalue weighted by Gasteiger charge is -2.07. The molecule has 0 atom stereocenters.